The predicted octanol–water partition coefficient (Wildman–Crippen LogP) is 2.40. The Bertz CT molecular complexity index is 788. The number of carbonyl (C=O) groups is 1. The largest absolute Gasteiger partial charge is 0.319 e. The van der Waals surface area contributed by atoms with Gasteiger partial charge in [0.15, 0.2) is 0 Å². The van der Waals surface area contributed by atoms with Gasteiger partial charge in [0.05, 0.1) is 17.4 Å². The summed E-state index contributed by atoms with van der Waals surface area (Å²) in [5.41, 5.74) is 1.61. The zero-order valence-electron chi connectivity index (χ0n) is 15.9. The van der Waals surface area contributed by atoms with Crippen molar-refractivity contribution in [2.75, 3.05) is 19.4 Å². The summed E-state index contributed by atoms with van der Waals surface area (Å²) in [5, 5.41) is 2.86. The molecular formula is C19H28N4O2. The van der Waals surface area contributed by atoms with Gasteiger partial charge in [0.1, 0.15) is 5.69 Å². The van der Waals surface area contributed by atoms with Gasteiger partial charge < -0.3 is 5.32 Å². The Kier molecular flexibility index (Phi) is 5.85. The second-order valence-electron chi connectivity index (χ2n) is 7.03. The number of para-hydroxylation sites is 1. The molecule has 1 atom stereocenters. The maximum atomic E-state index is 12.9. The Balaban J connectivity index is 2.38. The lowest BCUT2D eigenvalue weighted by Crippen LogP contribution is -2.41. The highest BCUT2D eigenvalue weighted by molar-refractivity contribution is 5.95. The number of rotatable bonds is 6. The van der Waals surface area contributed by atoms with Crippen molar-refractivity contribution in [3.05, 3.63) is 46.4 Å². The van der Waals surface area contributed by atoms with Crippen molar-refractivity contribution in [3.8, 4) is 5.69 Å². The van der Waals surface area contributed by atoms with Crippen LogP contribution in [0, 0.1) is 12.8 Å². The summed E-state index contributed by atoms with van der Waals surface area (Å²) in [4.78, 5) is 27.5. The van der Waals surface area contributed by atoms with Crippen molar-refractivity contribution < 1.29 is 4.79 Å². The zero-order chi connectivity index (χ0) is 18.7. The van der Waals surface area contributed by atoms with Gasteiger partial charge in [-0.25, -0.2) is 4.68 Å². The van der Waals surface area contributed by atoms with Crippen LogP contribution >= 0.6 is 0 Å². The first-order valence-corrected chi connectivity index (χ1v) is 8.55. The fourth-order valence-electron chi connectivity index (χ4n) is 2.92. The number of likely N-dealkylation sites (N-methyl/N-ethyl adjacent to an activating group) is 1. The van der Waals surface area contributed by atoms with Crippen LogP contribution in [0.3, 0.4) is 0 Å². The highest BCUT2D eigenvalue weighted by Crippen LogP contribution is 2.16. The van der Waals surface area contributed by atoms with Crippen LogP contribution in [0.15, 0.2) is 35.1 Å². The van der Waals surface area contributed by atoms with Crippen LogP contribution in [0.2, 0.25) is 0 Å². The molecule has 6 heteroatoms. The maximum absolute atomic E-state index is 12.9. The van der Waals surface area contributed by atoms with Crippen LogP contribution in [-0.2, 0) is 11.8 Å². The Hall–Kier alpha value is -2.34. The molecule has 0 radical (unpaired) electrons. The molecule has 1 aromatic carbocycles. The summed E-state index contributed by atoms with van der Waals surface area (Å²) >= 11 is 0. The standard InChI is InChI=1S/C19H28N4O2/c1-13(2)12-16(21(4)5)18(24)20-17-14(3)22(6)23(19(17)25)15-10-8-7-9-11-15/h7-11,13,16H,12H2,1-6H3,(H,20,24). The monoisotopic (exact) mass is 344 g/mol. The minimum atomic E-state index is -0.274. The van der Waals surface area contributed by atoms with E-state index in [-0.39, 0.29) is 17.5 Å². The van der Waals surface area contributed by atoms with E-state index in [1.54, 1.807) is 9.36 Å². The van der Waals surface area contributed by atoms with Crippen LogP contribution in [0.5, 0.6) is 0 Å². The normalized spacial score (nSPS) is 12.6. The molecule has 0 saturated heterocycles. The number of carbonyl (C=O) groups excluding carboxylic acids is 1. The van der Waals surface area contributed by atoms with Gasteiger partial charge in [-0.1, -0.05) is 32.0 Å². The van der Waals surface area contributed by atoms with E-state index in [9.17, 15) is 9.59 Å². The van der Waals surface area contributed by atoms with Crippen LogP contribution < -0.4 is 10.9 Å². The first-order valence-electron chi connectivity index (χ1n) is 8.55. The van der Waals surface area contributed by atoms with Gasteiger partial charge in [0.25, 0.3) is 5.56 Å². The molecule has 25 heavy (non-hydrogen) atoms. The minimum Gasteiger partial charge on any atom is -0.319 e. The highest BCUT2D eigenvalue weighted by Gasteiger charge is 2.25. The van der Waals surface area contributed by atoms with E-state index in [0.717, 1.165) is 17.8 Å². The number of aromatic nitrogens is 2. The van der Waals surface area contributed by atoms with Crippen LogP contribution in [0.25, 0.3) is 5.69 Å². The van der Waals surface area contributed by atoms with Crippen molar-refractivity contribution in [2.45, 2.75) is 33.2 Å². The van der Waals surface area contributed by atoms with Crippen molar-refractivity contribution in [1.29, 1.82) is 0 Å². The summed E-state index contributed by atoms with van der Waals surface area (Å²) in [5.74, 6) is 0.237. The third-order valence-electron chi connectivity index (χ3n) is 4.42. The number of amides is 1. The van der Waals surface area contributed by atoms with Crippen LogP contribution in [0.1, 0.15) is 26.0 Å². The molecule has 0 aliphatic heterocycles. The smallest absolute Gasteiger partial charge is 0.295 e. The Morgan fingerprint density at radius 3 is 2.32 bits per heavy atom. The molecule has 0 bridgehead atoms. The number of hydrogen-bond donors (Lipinski definition) is 1. The Morgan fingerprint density at radius 1 is 1.20 bits per heavy atom. The van der Waals surface area contributed by atoms with Gasteiger partial charge in [-0.05, 0) is 45.5 Å². The van der Waals surface area contributed by atoms with Crippen molar-refractivity contribution in [3.63, 3.8) is 0 Å². The molecule has 1 heterocycles. The summed E-state index contributed by atoms with van der Waals surface area (Å²) in [6.07, 6.45) is 0.734. The van der Waals surface area contributed by atoms with E-state index in [4.69, 9.17) is 0 Å². The molecule has 0 fully saturated rings. The van der Waals surface area contributed by atoms with E-state index in [0.29, 0.717) is 11.6 Å². The summed E-state index contributed by atoms with van der Waals surface area (Å²) in [6.45, 7) is 6.00. The first kappa shape index (κ1) is 19.0. The van der Waals surface area contributed by atoms with Crippen molar-refractivity contribution >= 4 is 11.6 Å². The molecule has 0 saturated carbocycles. The van der Waals surface area contributed by atoms with Crippen LogP contribution in [-0.4, -0.2) is 40.3 Å². The lowest BCUT2D eigenvalue weighted by Gasteiger charge is -2.24. The first-order chi connectivity index (χ1) is 11.7. The molecule has 1 N–H and O–H groups in total. The molecule has 1 aromatic heterocycles. The molecule has 0 spiro atoms. The van der Waals surface area contributed by atoms with Gasteiger partial charge in [-0.2, -0.15) is 0 Å². The van der Waals surface area contributed by atoms with Crippen molar-refractivity contribution in [2.24, 2.45) is 13.0 Å². The van der Waals surface area contributed by atoms with Gasteiger partial charge in [0.2, 0.25) is 5.91 Å². The summed E-state index contributed by atoms with van der Waals surface area (Å²) in [7, 11) is 5.58. The summed E-state index contributed by atoms with van der Waals surface area (Å²) < 4.78 is 3.33. The third-order valence-corrected chi connectivity index (χ3v) is 4.42. The van der Waals surface area contributed by atoms with E-state index >= 15 is 0 Å². The van der Waals surface area contributed by atoms with Gasteiger partial charge >= 0.3 is 0 Å². The molecule has 1 unspecified atom stereocenters. The average molecular weight is 344 g/mol. The summed E-state index contributed by atoms with van der Waals surface area (Å²) in [6, 6.07) is 9.13. The fraction of sp³-hybridized carbons (Fsp3) is 0.474. The molecule has 0 aliphatic rings. The van der Waals surface area contributed by atoms with Gasteiger partial charge in [-0.3, -0.25) is 19.2 Å². The van der Waals surface area contributed by atoms with Crippen LogP contribution in [0.4, 0.5) is 5.69 Å². The molecule has 2 rings (SSSR count). The van der Waals surface area contributed by atoms with Gasteiger partial charge in [-0.15, -0.1) is 0 Å². The molecule has 1 amide bonds. The van der Waals surface area contributed by atoms with E-state index in [2.05, 4.69) is 19.2 Å². The SMILES string of the molecule is Cc1c(NC(=O)C(CC(C)C)N(C)C)c(=O)n(-c2ccccc2)n1C. The molecule has 6 nitrogen and oxygen atoms in total. The number of nitrogens with zero attached hydrogens (tertiary/aromatic N) is 3. The number of hydrogen-bond acceptors (Lipinski definition) is 3. The Labute approximate surface area is 149 Å². The molecular weight excluding hydrogens is 316 g/mol. The van der Waals surface area contributed by atoms with Gasteiger partial charge in [0, 0.05) is 7.05 Å². The average Bonchev–Trinajstić information content (AvgIpc) is 2.76. The van der Waals surface area contributed by atoms with Crippen molar-refractivity contribution in [1.82, 2.24) is 14.3 Å². The van der Waals surface area contributed by atoms with E-state index in [1.807, 2.05) is 63.3 Å². The maximum Gasteiger partial charge on any atom is 0.295 e. The molecule has 2 aromatic rings. The van der Waals surface area contributed by atoms with E-state index < -0.39 is 0 Å². The lowest BCUT2D eigenvalue weighted by atomic mass is 10.0. The zero-order valence-corrected chi connectivity index (χ0v) is 15.9. The highest BCUT2D eigenvalue weighted by atomic mass is 16.2. The molecule has 0 aliphatic carbocycles. The number of nitrogens with one attached hydrogen (secondary N) is 1. The number of anilines is 1. The second kappa shape index (κ2) is 7.70. The second-order valence-corrected chi connectivity index (χ2v) is 7.03. The third kappa shape index (κ3) is 4.02. The number of benzene rings is 1. The van der Waals surface area contributed by atoms with E-state index in [1.165, 1.54) is 0 Å². The fourth-order valence-corrected chi connectivity index (χ4v) is 2.92. The minimum absolute atomic E-state index is 0.148. The topological polar surface area (TPSA) is 59.3 Å². The molecule has 136 valence electrons. The Morgan fingerprint density at radius 2 is 1.80 bits per heavy atom. The lowest BCUT2D eigenvalue weighted by molar-refractivity contribution is -0.120. The predicted molar refractivity (Wildman–Crippen MR) is 101 cm³/mol. The quantitative estimate of drug-likeness (QED) is 0.875.